The summed E-state index contributed by atoms with van der Waals surface area (Å²) in [5.41, 5.74) is 0.980. The number of aromatic nitrogens is 1. The first-order valence-electron chi connectivity index (χ1n) is 8.14. The Morgan fingerprint density at radius 1 is 1.11 bits per heavy atom. The summed E-state index contributed by atoms with van der Waals surface area (Å²) in [5, 5.41) is 18.8. The molecule has 0 N–H and O–H groups in total. The van der Waals surface area contributed by atoms with Crippen molar-refractivity contribution in [1.82, 2.24) is 4.98 Å². The predicted molar refractivity (Wildman–Crippen MR) is 111 cm³/mol. The van der Waals surface area contributed by atoms with Crippen molar-refractivity contribution in [2.45, 2.75) is 0 Å². The molecule has 2 aromatic heterocycles. The molecule has 9 heteroatoms. The van der Waals surface area contributed by atoms with Crippen molar-refractivity contribution in [3.05, 3.63) is 86.6 Å². The third-order valence-corrected chi connectivity index (χ3v) is 5.64. The highest BCUT2D eigenvalue weighted by Crippen LogP contribution is 2.30. The first-order chi connectivity index (χ1) is 13.6. The number of hydrogen-bond acceptors (Lipinski definition) is 7. The number of fused-ring (bicyclic) bond motifs is 1. The van der Waals surface area contributed by atoms with Crippen LogP contribution in [0.15, 0.2) is 71.1 Å². The van der Waals surface area contributed by atoms with E-state index < -0.39 is 10.8 Å². The second kappa shape index (κ2) is 7.67. The molecule has 0 bridgehead atoms. The number of carbonyl (C=O) groups excluding carboxylic acids is 1. The van der Waals surface area contributed by atoms with Crippen LogP contribution in [0.5, 0.6) is 0 Å². The number of rotatable bonds is 5. The number of thiophene rings is 1. The SMILES string of the molecule is O=C(c1ccc([N+](=O)[O-])cc1)N(/N=C\c1cccs1)c1nc2ccccc2s1. The molecule has 4 rings (SSSR count). The van der Waals surface area contributed by atoms with E-state index in [4.69, 9.17) is 0 Å². The van der Waals surface area contributed by atoms with Gasteiger partial charge in [-0.25, -0.2) is 4.98 Å². The van der Waals surface area contributed by atoms with E-state index in [-0.39, 0.29) is 11.3 Å². The van der Waals surface area contributed by atoms with Gasteiger partial charge >= 0.3 is 0 Å². The third-order valence-electron chi connectivity index (χ3n) is 3.82. The van der Waals surface area contributed by atoms with Crippen LogP contribution in [-0.4, -0.2) is 22.0 Å². The topological polar surface area (TPSA) is 88.7 Å². The van der Waals surface area contributed by atoms with Crippen molar-refractivity contribution in [2.75, 3.05) is 5.01 Å². The number of anilines is 1. The van der Waals surface area contributed by atoms with Crippen molar-refractivity contribution in [3.8, 4) is 0 Å². The fourth-order valence-electron chi connectivity index (χ4n) is 2.47. The average Bonchev–Trinajstić information content (AvgIpc) is 3.37. The van der Waals surface area contributed by atoms with Gasteiger partial charge in [-0.2, -0.15) is 10.1 Å². The average molecular weight is 408 g/mol. The lowest BCUT2D eigenvalue weighted by molar-refractivity contribution is -0.384. The number of non-ortho nitro benzene ring substituents is 1. The molecule has 28 heavy (non-hydrogen) atoms. The maximum Gasteiger partial charge on any atom is 0.280 e. The second-order valence-electron chi connectivity index (χ2n) is 5.65. The van der Waals surface area contributed by atoms with E-state index in [1.807, 2.05) is 41.8 Å². The number of hydrogen-bond donors (Lipinski definition) is 0. The summed E-state index contributed by atoms with van der Waals surface area (Å²) in [6.07, 6.45) is 1.60. The Labute approximate surface area is 167 Å². The molecule has 0 fully saturated rings. The Balaban J connectivity index is 1.73. The summed E-state index contributed by atoms with van der Waals surface area (Å²) in [6.45, 7) is 0. The standard InChI is InChI=1S/C19H12N4O3S2/c24-18(13-7-9-14(10-8-13)23(25)26)22(20-12-15-4-3-11-27-15)19-21-16-5-1-2-6-17(16)28-19/h1-12H/b20-12-. The molecule has 4 aromatic rings. The van der Waals surface area contributed by atoms with Gasteiger partial charge in [-0.05, 0) is 35.7 Å². The summed E-state index contributed by atoms with van der Waals surface area (Å²) >= 11 is 2.85. The maximum atomic E-state index is 13.1. The number of benzene rings is 2. The van der Waals surface area contributed by atoms with Crippen LogP contribution in [0.1, 0.15) is 15.2 Å². The second-order valence-corrected chi connectivity index (χ2v) is 7.63. The Morgan fingerprint density at radius 2 is 1.89 bits per heavy atom. The van der Waals surface area contributed by atoms with Gasteiger partial charge < -0.3 is 0 Å². The number of hydrazone groups is 1. The van der Waals surface area contributed by atoms with E-state index in [9.17, 15) is 14.9 Å². The first kappa shape index (κ1) is 18.0. The van der Waals surface area contributed by atoms with Crippen molar-refractivity contribution >= 4 is 55.8 Å². The van der Waals surface area contributed by atoms with Gasteiger partial charge in [0.15, 0.2) is 0 Å². The highest BCUT2D eigenvalue weighted by Gasteiger charge is 2.21. The monoisotopic (exact) mass is 408 g/mol. The lowest BCUT2D eigenvalue weighted by atomic mass is 10.2. The van der Waals surface area contributed by atoms with Crippen LogP contribution in [0.4, 0.5) is 10.8 Å². The van der Waals surface area contributed by atoms with Crippen LogP contribution in [-0.2, 0) is 0 Å². The molecule has 2 heterocycles. The minimum atomic E-state index is -0.505. The van der Waals surface area contributed by atoms with E-state index in [0.717, 1.165) is 15.1 Å². The van der Waals surface area contributed by atoms with Crippen LogP contribution >= 0.6 is 22.7 Å². The number of carbonyl (C=O) groups is 1. The van der Waals surface area contributed by atoms with Gasteiger partial charge in [-0.3, -0.25) is 14.9 Å². The number of thiazole rings is 1. The lowest BCUT2D eigenvalue weighted by Crippen LogP contribution is -2.25. The van der Waals surface area contributed by atoms with Crippen molar-refractivity contribution in [2.24, 2.45) is 5.10 Å². The van der Waals surface area contributed by atoms with E-state index in [1.54, 1.807) is 6.21 Å². The Bertz CT molecular complexity index is 1130. The van der Waals surface area contributed by atoms with Crippen LogP contribution in [0.3, 0.4) is 0 Å². The molecule has 0 atom stereocenters. The molecule has 1 amide bonds. The van der Waals surface area contributed by atoms with Gasteiger partial charge in [-0.1, -0.05) is 29.5 Å². The number of nitro benzene ring substituents is 1. The fraction of sp³-hybridized carbons (Fsp3) is 0. The summed E-state index contributed by atoms with van der Waals surface area (Å²) < 4.78 is 0.935. The Kier molecular flexibility index (Phi) is 4.92. The minimum absolute atomic E-state index is 0.0785. The number of nitrogens with zero attached hydrogens (tertiary/aromatic N) is 4. The summed E-state index contributed by atoms with van der Waals surface area (Å²) in [5.74, 6) is -0.415. The first-order valence-corrected chi connectivity index (χ1v) is 9.83. The molecule has 138 valence electrons. The molecule has 0 aliphatic rings. The van der Waals surface area contributed by atoms with Crippen molar-refractivity contribution in [1.29, 1.82) is 0 Å². The molecule has 0 aliphatic carbocycles. The maximum absolute atomic E-state index is 13.1. The smallest absolute Gasteiger partial charge is 0.267 e. The van der Waals surface area contributed by atoms with Gasteiger partial charge in [0.05, 0.1) is 21.4 Å². The number of para-hydroxylation sites is 1. The van der Waals surface area contributed by atoms with Gasteiger partial charge in [0.2, 0.25) is 5.13 Å². The normalized spacial score (nSPS) is 11.1. The third kappa shape index (κ3) is 3.66. The van der Waals surface area contributed by atoms with Gasteiger partial charge in [0.1, 0.15) is 0 Å². The molecule has 0 saturated carbocycles. The summed E-state index contributed by atoms with van der Waals surface area (Å²) in [6, 6.07) is 16.8. The van der Waals surface area contributed by atoms with E-state index in [1.165, 1.54) is 51.9 Å². The molecular weight excluding hydrogens is 396 g/mol. The molecule has 0 radical (unpaired) electrons. The number of amides is 1. The zero-order valence-electron chi connectivity index (χ0n) is 14.3. The molecule has 0 spiro atoms. The van der Waals surface area contributed by atoms with Gasteiger partial charge in [0, 0.05) is 22.6 Å². The largest absolute Gasteiger partial charge is 0.280 e. The zero-order valence-corrected chi connectivity index (χ0v) is 15.9. The Hall–Kier alpha value is -3.43. The van der Waals surface area contributed by atoms with Crippen molar-refractivity contribution in [3.63, 3.8) is 0 Å². The zero-order chi connectivity index (χ0) is 19.5. The van der Waals surface area contributed by atoms with Crippen LogP contribution in [0.2, 0.25) is 0 Å². The highest BCUT2D eigenvalue weighted by atomic mass is 32.1. The molecule has 7 nitrogen and oxygen atoms in total. The summed E-state index contributed by atoms with van der Waals surface area (Å²) in [7, 11) is 0. The quantitative estimate of drug-likeness (QED) is 0.266. The predicted octanol–water partition coefficient (Wildman–Crippen LogP) is 4.95. The highest BCUT2D eigenvalue weighted by molar-refractivity contribution is 7.22. The van der Waals surface area contributed by atoms with Gasteiger partial charge in [-0.15, -0.1) is 11.3 Å². The van der Waals surface area contributed by atoms with Gasteiger partial charge in [0.25, 0.3) is 11.6 Å². The molecule has 0 aliphatic heterocycles. The molecular formula is C19H12N4O3S2. The molecule has 0 saturated heterocycles. The Morgan fingerprint density at radius 3 is 2.57 bits per heavy atom. The van der Waals surface area contributed by atoms with Crippen LogP contribution < -0.4 is 5.01 Å². The van der Waals surface area contributed by atoms with Crippen molar-refractivity contribution < 1.29 is 9.72 Å². The lowest BCUT2D eigenvalue weighted by Gasteiger charge is -2.13. The van der Waals surface area contributed by atoms with E-state index in [2.05, 4.69) is 10.1 Å². The minimum Gasteiger partial charge on any atom is -0.267 e. The van der Waals surface area contributed by atoms with E-state index in [0.29, 0.717) is 5.13 Å². The number of nitro groups is 1. The van der Waals surface area contributed by atoms with Crippen LogP contribution in [0, 0.1) is 10.1 Å². The van der Waals surface area contributed by atoms with E-state index >= 15 is 0 Å². The fourth-order valence-corrected chi connectivity index (χ4v) is 3.97. The molecule has 0 unspecified atom stereocenters. The summed E-state index contributed by atoms with van der Waals surface area (Å²) in [4.78, 5) is 28.8. The molecule has 2 aromatic carbocycles. The van der Waals surface area contributed by atoms with Crippen LogP contribution in [0.25, 0.3) is 10.2 Å².